The second-order valence-electron chi connectivity index (χ2n) is 23.1. The van der Waals surface area contributed by atoms with Crippen molar-refractivity contribution in [2.75, 3.05) is 4.90 Å². The van der Waals surface area contributed by atoms with E-state index in [0.717, 1.165) is 17.5 Å². The molecule has 0 heterocycles. The molecule has 18 rings (SSSR count). The molecule has 1 unspecified atom stereocenters. The van der Waals surface area contributed by atoms with Crippen LogP contribution in [0, 0.1) is 23.7 Å². The highest BCUT2D eigenvalue weighted by atomic mass is 15.1. The van der Waals surface area contributed by atoms with Crippen LogP contribution in [0.5, 0.6) is 0 Å². The highest BCUT2D eigenvalue weighted by molar-refractivity contribution is 6.02. The summed E-state index contributed by atoms with van der Waals surface area (Å²) in [6, 6.07) is 95.2. The van der Waals surface area contributed by atoms with Crippen LogP contribution in [0.3, 0.4) is 0 Å². The number of hydrogen-bond acceptors (Lipinski definition) is 1. The van der Waals surface area contributed by atoms with Gasteiger partial charge in [-0.05, 0) is 204 Å². The summed E-state index contributed by atoms with van der Waals surface area (Å²) in [4.78, 5) is 2.64. The van der Waals surface area contributed by atoms with Gasteiger partial charge in [-0.2, -0.15) is 0 Å². The van der Waals surface area contributed by atoms with Crippen molar-refractivity contribution in [2.24, 2.45) is 23.7 Å². The van der Waals surface area contributed by atoms with Gasteiger partial charge < -0.3 is 4.90 Å². The summed E-state index contributed by atoms with van der Waals surface area (Å²) in [7, 11) is 0. The summed E-state index contributed by atoms with van der Waals surface area (Å²) >= 11 is 0. The van der Waals surface area contributed by atoms with Crippen molar-refractivity contribution in [3.63, 3.8) is 0 Å². The number of anilines is 3. The van der Waals surface area contributed by atoms with Crippen molar-refractivity contribution in [2.45, 2.75) is 42.9 Å². The van der Waals surface area contributed by atoms with Crippen LogP contribution in [0.2, 0.25) is 0 Å². The van der Waals surface area contributed by atoms with Gasteiger partial charge in [0.25, 0.3) is 0 Å². The molecule has 76 heavy (non-hydrogen) atoms. The third-order valence-electron chi connectivity index (χ3n) is 19.7. The Morgan fingerprint density at radius 3 is 1.50 bits per heavy atom. The maximum absolute atomic E-state index is 2.68. The number of benzene rings is 11. The van der Waals surface area contributed by atoms with Crippen molar-refractivity contribution < 1.29 is 0 Å². The van der Waals surface area contributed by atoms with Gasteiger partial charge in [0, 0.05) is 22.4 Å². The van der Waals surface area contributed by atoms with Crippen LogP contribution in [0.1, 0.15) is 65.5 Å². The van der Waals surface area contributed by atoms with E-state index in [1.807, 2.05) is 0 Å². The lowest BCUT2D eigenvalue weighted by Gasteiger charge is -2.61. The van der Waals surface area contributed by atoms with E-state index in [0.29, 0.717) is 11.8 Å². The van der Waals surface area contributed by atoms with Crippen LogP contribution < -0.4 is 4.90 Å². The van der Waals surface area contributed by atoms with Gasteiger partial charge in [0.2, 0.25) is 0 Å². The van der Waals surface area contributed by atoms with Gasteiger partial charge in [-0.1, -0.05) is 206 Å². The molecule has 7 aliphatic rings. The summed E-state index contributed by atoms with van der Waals surface area (Å²) in [6.45, 7) is 0. The lowest BCUT2D eigenvalue weighted by Crippen LogP contribution is -2.55. The van der Waals surface area contributed by atoms with Crippen molar-refractivity contribution >= 4 is 27.8 Å². The Kier molecular flexibility index (Phi) is 9.01. The van der Waals surface area contributed by atoms with E-state index >= 15 is 0 Å². The van der Waals surface area contributed by atoms with Gasteiger partial charge in [-0.3, -0.25) is 0 Å². The standard InChI is InChI=1S/C75H55N/c1-2-13-49(14-3-1)51-25-27-52(28-26-51)53-31-34-59(35-32-53)76(60-36-38-64-61-17-6-9-20-66(61)74(71(64)46-60)57-40-47-39-48(42-57)43-58(74)41-47)72-24-12-23-69-73(72)65-19-8-11-22-68(65)75(69)67-21-10-7-18-62(67)63-37-33-56(45-70(63)75)55-30-29-50-15-4-5-16-54(50)44-55/h1-38,44-48,57-58H,39-43H2. The smallest absolute Gasteiger partial charge is 0.0726 e. The van der Waals surface area contributed by atoms with Crippen molar-refractivity contribution in [1.82, 2.24) is 0 Å². The average Bonchev–Trinajstić information content (AvgIpc) is 4.29. The predicted molar refractivity (Wildman–Crippen MR) is 314 cm³/mol. The largest absolute Gasteiger partial charge is 0.310 e. The van der Waals surface area contributed by atoms with Crippen LogP contribution in [0.4, 0.5) is 17.1 Å². The van der Waals surface area contributed by atoms with E-state index in [-0.39, 0.29) is 5.41 Å². The molecule has 2 spiro atoms. The van der Waals surface area contributed by atoms with Gasteiger partial charge in [0.15, 0.2) is 0 Å². The molecule has 4 saturated carbocycles. The van der Waals surface area contributed by atoms with Gasteiger partial charge in [-0.15, -0.1) is 0 Å². The second-order valence-corrected chi connectivity index (χ2v) is 23.1. The minimum atomic E-state index is -0.522. The minimum absolute atomic E-state index is 0.0477. The van der Waals surface area contributed by atoms with E-state index in [1.165, 1.54) is 143 Å². The van der Waals surface area contributed by atoms with Crippen molar-refractivity contribution in [1.29, 1.82) is 0 Å². The number of fused-ring (bicyclic) bond motifs is 14. The minimum Gasteiger partial charge on any atom is -0.310 e. The Morgan fingerprint density at radius 1 is 0.289 bits per heavy atom. The zero-order chi connectivity index (χ0) is 49.7. The Labute approximate surface area is 445 Å². The molecular weight excluding hydrogens is 915 g/mol. The third-order valence-corrected chi connectivity index (χ3v) is 19.7. The van der Waals surface area contributed by atoms with Gasteiger partial charge in [-0.25, -0.2) is 0 Å². The molecule has 1 atom stereocenters. The molecule has 1 nitrogen and oxygen atoms in total. The highest BCUT2D eigenvalue weighted by Crippen LogP contribution is 2.70. The Balaban J connectivity index is 0.881. The molecule has 0 N–H and O–H groups in total. The number of nitrogens with zero attached hydrogens (tertiary/aromatic N) is 1. The summed E-state index contributed by atoms with van der Waals surface area (Å²) in [5.41, 5.74) is 27.3. The molecule has 0 amide bonds. The van der Waals surface area contributed by atoms with E-state index in [2.05, 4.69) is 254 Å². The lowest BCUT2D eigenvalue weighted by atomic mass is 9.43. The first kappa shape index (κ1) is 42.8. The molecule has 0 aromatic heterocycles. The number of hydrogen-bond donors (Lipinski definition) is 0. The Hall–Kier alpha value is -8.52. The molecule has 11 aromatic rings. The van der Waals surface area contributed by atoms with Crippen LogP contribution in [0.25, 0.3) is 77.5 Å². The Bertz CT molecular complexity index is 4150. The quantitative estimate of drug-likeness (QED) is 0.160. The Morgan fingerprint density at radius 2 is 0.776 bits per heavy atom. The monoisotopic (exact) mass is 969 g/mol. The zero-order valence-electron chi connectivity index (χ0n) is 42.5. The highest BCUT2D eigenvalue weighted by Gasteiger charge is 2.62. The first-order valence-corrected chi connectivity index (χ1v) is 27.9. The van der Waals surface area contributed by atoms with Gasteiger partial charge in [0.1, 0.15) is 0 Å². The second kappa shape index (κ2) is 16.0. The molecule has 4 fully saturated rings. The molecule has 1 heteroatoms. The lowest BCUT2D eigenvalue weighted by molar-refractivity contribution is -0.0399. The summed E-state index contributed by atoms with van der Waals surface area (Å²) < 4.78 is 0. The van der Waals surface area contributed by atoms with Gasteiger partial charge >= 0.3 is 0 Å². The van der Waals surface area contributed by atoms with Crippen LogP contribution in [0.15, 0.2) is 249 Å². The van der Waals surface area contributed by atoms with Crippen molar-refractivity contribution in [3.05, 3.63) is 282 Å². The molecule has 7 aliphatic carbocycles. The maximum Gasteiger partial charge on any atom is 0.0726 e. The van der Waals surface area contributed by atoms with E-state index in [9.17, 15) is 0 Å². The molecule has 0 radical (unpaired) electrons. The first-order chi connectivity index (χ1) is 37.6. The van der Waals surface area contributed by atoms with Crippen LogP contribution in [-0.4, -0.2) is 0 Å². The molecule has 360 valence electrons. The SMILES string of the molecule is c1ccc(-c2ccc(-c3ccc(N(c4ccc5c(c4)C4(c6ccccc6-5)C5CC6CC(C5)CC4C6)c4cccc5c4-c4ccccc4C54c5ccccc5-c5ccc(-c6ccc7ccccc7c6)cc54)cc3)cc2)cc1. The predicted octanol–water partition coefficient (Wildman–Crippen LogP) is 19.4. The summed E-state index contributed by atoms with van der Waals surface area (Å²) in [5, 5.41) is 2.53. The fraction of sp³-hybridized carbons (Fsp3) is 0.147. The third kappa shape index (κ3) is 5.81. The van der Waals surface area contributed by atoms with Crippen molar-refractivity contribution in [3.8, 4) is 66.8 Å². The van der Waals surface area contributed by atoms with E-state index in [1.54, 1.807) is 11.1 Å². The van der Waals surface area contributed by atoms with Crippen LogP contribution in [-0.2, 0) is 10.8 Å². The van der Waals surface area contributed by atoms with Crippen LogP contribution >= 0.6 is 0 Å². The summed E-state index contributed by atoms with van der Waals surface area (Å²) in [5.74, 6) is 3.12. The molecule has 4 bridgehead atoms. The molecule has 0 aliphatic heterocycles. The molecule has 0 saturated heterocycles. The zero-order valence-corrected chi connectivity index (χ0v) is 42.5. The molecule has 11 aromatic carbocycles. The van der Waals surface area contributed by atoms with Gasteiger partial charge in [0.05, 0.1) is 11.1 Å². The first-order valence-electron chi connectivity index (χ1n) is 27.9. The van der Waals surface area contributed by atoms with E-state index in [4.69, 9.17) is 0 Å². The topological polar surface area (TPSA) is 3.24 Å². The van der Waals surface area contributed by atoms with E-state index < -0.39 is 5.41 Å². The molecular formula is C75H55N. The summed E-state index contributed by atoms with van der Waals surface area (Å²) in [6.07, 6.45) is 6.89. The average molecular weight is 970 g/mol. The maximum atomic E-state index is 2.68. The fourth-order valence-corrected chi connectivity index (χ4v) is 16.9. The number of rotatable bonds is 6. The normalized spacial score (nSPS) is 22.3. The fourth-order valence-electron chi connectivity index (χ4n) is 16.9.